The molecule has 0 saturated heterocycles. The number of ether oxygens (including phenoxy) is 2. The number of hydrogen-bond donors (Lipinski definition) is 0. The summed E-state index contributed by atoms with van der Waals surface area (Å²) in [6.07, 6.45) is 3.27. The standard InChI is InChI=1S/C21H19NO4/c23-20(25-15-17-9-3-1-4-10-17)19(22-13-7-8-14-22)21(24)26-16-18-11-5-2-6-12-18/h1-14,19H,15-16H2. The van der Waals surface area contributed by atoms with Crippen LogP contribution in [-0.4, -0.2) is 16.5 Å². The van der Waals surface area contributed by atoms with Crippen LogP contribution in [-0.2, 0) is 32.3 Å². The summed E-state index contributed by atoms with van der Waals surface area (Å²) in [5.74, 6) is -1.30. The van der Waals surface area contributed by atoms with E-state index in [0.717, 1.165) is 11.1 Å². The fourth-order valence-electron chi connectivity index (χ4n) is 2.47. The normalized spacial score (nSPS) is 10.5. The first kappa shape index (κ1) is 17.5. The fraction of sp³-hybridized carbons (Fsp3) is 0.143. The summed E-state index contributed by atoms with van der Waals surface area (Å²) >= 11 is 0. The molecule has 0 radical (unpaired) electrons. The highest BCUT2D eigenvalue weighted by Crippen LogP contribution is 2.15. The lowest BCUT2D eigenvalue weighted by atomic mass is 10.2. The molecule has 5 heteroatoms. The minimum atomic E-state index is -1.17. The maximum Gasteiger partial charge on any atom is 0.341 e. The highest BCUT2D eigenvalue weighted by molar-refractivity contribution is 5.97. The molecule has 0 unspecified atom stereocenters. The average molecular weight is 349 g/mol. The molecule has 26 heavy (non-hydrogen) atoms. The lowest BCUT2D eigenvalue weighted by Crippen LogP contribution is -2.30. The second-order valence-electron chi connectivity index (χ2n) is 5.72. The Morgan fingerprint density at radius 1 is 0.692 bits per heavy atom. The largest absolute Gasteiger partial charge is 0.459 e. The minimum Gasteiger partial charge on any atom is -0.459 e. The Kier molecular flexibility index (Phi) is 5.83. The highest BCUT2D eigenvalue weighted by Gasteiger charge is 2.31. The van der Waals surface area contributed by atoms with Gasteiger partial charge in [-0.05, 0) is 23.3 Å². The topological polar surface area (TPSA) is 57.5 Å². The predicted molar refractivity (Wildman–Crippen MR) is 95.9 cm³/mol. The summed E-state index contributed by atoms with van der Waals surface area (Å²) in [5.41, 5.74) is 1.70. The molecule has 1 aromatic heterocycles. The van der Waals surface area contributed by atoms with Crippen molar-refractivity contribution in [2.75, 3.05) is 0 Å². The highest BCUT2D eigenvalue weighted by atomic mass is 16.6. The van der Waals surface area contributed by atoms with Gasteiger partial charge in [0.2, 0.25) is 6.04 Å². The van der Waals surface area contributed by atoms with E-state index in [0.29, 0.717) is 0 Å². The van der Waals surface area contributed by atoms with Gasteiger partial charge in [0.25, 0.3) is 0 Å². The van der Waals surface area contributed by atoms with E-state index in [1.165, 1.54) is 4.57 Å². The molecule has 0 spiro atoms. The molecule has 0 aliphatic carbocycles. The number of carbonyl (C=O) groups is 2. The van der Waals surface area contributed by atoms with E-state index < -0.39 is 18.0 Å². The van der Waals surface area contributed by atoms with Crippen LogP contribution in [0, 0.1) is 0 Å². The van der Waals surface area contributed by atoms with Crippen molar-refractivity contribution in [1.29, 1.82) is 0 Å². The summed E-state index contributed by atoms with van der Waals surface area (Å²) in [4.78, 5) is 25.0. The van der Waals surface area contributed by atoms with Crippen LogP contribution >= 0.6 is 0 Å². The third-order valence-corrected chi connectivity index (χ3v) is 3.82. The molecule has 132 valence electrons. The summed E-state index contributed by atoms with van der Waals surface area (Å²) in [7, 11) is 0. The smallest absolute Gasteiger partial charge is 0.341 e. The maximum atomic E-state index is 12.5. The Morgan fingerprint density at radius 3 is 1.54 bits per heavy atom. The molecule has 0 N–H and O–H groups in total. The van der Waals surface area contributed by atoms with Gasteiger partial charge < -0.3 is 14.0 Å². The van der Waals surface area contributed by atoms with Gasteiger partial charge in [-0.2, -0.15) is 0 Å². The molecule has 0 atom stereocenters. The average Bonchev–Trinajstić information content (AvgIpc) is 3.21. The SMILES string of the molecule is O=C(OCc1ccccc1)C(C(=O)OCc1ccccc1)n1cccc1. The van der Waals surface area contributed by atoms with E-state index >= 15 is 0 Å². The van der Waals surface area contributed by atoms with Gasteiger partial charge in [0.1, 0.15) is 13.2 Å². The van der Waals surface area contributed by atoms with Crippen LogP contribution in [0.3, 0.4) is 0 Å². The summed E-state index contributed by atoms with van der Waals surface area (Å²) in [5, 5.41) is 0. The Bertz CT molecular complexity index is 773. The van der Waals surface area contributed by atoms with Crippen molar-refractivity contribution < 1.29 is 19.1 Å². The van der Waals surface area contributed by atoms with E-state index in [1.807, 2.05) is 60.7 Å². The number of aromatic nitrogens is 1. The Balaban J connectivity index is 1.66. The van der Waals surface area contributed by atoms with Gasteiger partial charge in [-0.25, -0.2) is 9.59 Å². The van der Waals surface area contributed by atoms with Crippen molar-refractivity contribution in [2.45, 2.75) is 19.3 Å². The zero-order chi connectivity index (χ0) is 18.2. The minimum absolute atomic E-state index is 0.101. The number of benzene rings is 2. The quantitative estimate of drug-likeness (QED) is 0.484. The number of esters is 2. The predicted octanol–water partition coefficient (Wildman–Crippen LogP) is 3.52. The Morgan fingerprint density at radius 2 is 1.12 bits per heavy atom. The first-order valence-electron chi connectivity index (χ1n) is 8.27. The van der Waals surface area contributed by atoms with Gasteiger partial charge in [-0.15, -0.1) is 0 Å². The van der Waals surface area contributed by atoms with Crippen LogP contribution in [0.15, 0.2) is 85.2 Å². The van der Waals surface area contributed by atoms with Gasteiger partial charge in [0.05, 0.1) is 0 Å². The second kappa shape index (κ2) is 8.67. The lowest BCUT2D eigenvalue weighted by Gasteiger charge is -2.17. The van der Waals surface area contributed by atoms with Crippen molar-refractivity contribution >= 4 is 11.9 Å². The van der Waals surface area contributed by atoms with Crippen molar-refractivity contribution in [2.24, 2.45) is 0 Å². The van der Waals surface area contributed by atoms with E-state index in [1.54, 1.807) is 24.5 Å². The van der Waals surface area contributed by atoms with E-state index in [2.05, 4.69) is 0 Å². The van der Waals surface area contributed by atoms with Crippen LogP contribution in [0.25, 0.3) is 0 Å². The number of carbonyl (C=O) groups excluding carboxylic acids is 2. The molecule has 2 aromatic carbocycles. The van der Waals surface area contributed by atoms with Gasteiger partial charge in [0.15, 0.2) is 0 Å². The molecule has 0 amide bonds. The lowest BCUT2D eigenvalue weighted by molar-refractivity contribution is -0.162. The molecular weight excluding hydrogens is 330 g/mol. The van der Waals surface area contributed by atoms with Crippen molar-refractivity contribution in [3.8, 4) is 0 Å². The molecule has 3 aromatic rings. The maximum absolute atomic E-state index is 12.5. The van der Waals surface area contributed by atoms with Crippen LogP contribution in [0.1, 0.15) is 17.2 Å². The molecule has 3 rings (SSSR count). The Hall–Kier alpha value is -3.34. The van der Waals surface area contributed by atoms with Gasteiger partial charge in [-0.3, -0.25) is 0 Å². The van der Waals surface area contributed by atoms with Crippen molar-refractivity contribution in [3.63, 3.8) is 0 Å². The zero-order valence-corrected chi connectivity index (χ0v) is 14.2. The third-order valence-electron chi connectivity index (χ3n) is 3.82. The summed E-state index contributed by atoms with van der Waals surface area (Å²) in [6, 6.07) is 20.9. The first-order chi connectivity index (χ1) is 12.7. The van der Waals surface area contributed by atoms with Crippen molar-refractivity contribution in [1.82, 2.24) is 4.57 Å². The van der Waals surface area contributed by atoms with E-state index in [9.17, 15) is 9.59 Å². The zero-order valence-electron chi connectivity index (χ0n) is 14.2. The Labute approximate surface area is 151 Å². The van der Waals surface area contributed by atoms with Crippen LogP contribution in [0.4, 0.5) is 0 Å². The van der Waals surface area contributed by atoms with E-state index in [-0.39, 0.29) is 13.2 Å². The fourth-order valence-corrected chi connectivity index (χ4v) is 2.47. The molecule has 0 aliphatic heterocycles. The van der Waals surface area contributed by atoms with Crippen molar-refractivity contribution in [3.05, 3.63) is 96.3 Å². The van der Waals surface area contributed by atoms with Crippen LogP contribution < -0.4 is 0 Å². The molecule has 0 fully saturated rings. The molecule has 0 bridgehead atoms. The van der Waals surface area contributed by atoms with Gasteiger partial charge >= 0.3 is 11.9 Å². The summed E-state index contributed by atoms with van der Waals surface area (Å²) < 4.78 is 12.1. The summed E-state index contributed by atoms with van der Waals surface area (Å²) in [6.45, 7) is 0.201. The first-order valence-corrected chi connectivity index (χ1v) is 8.27. The van der Waals surface area contributed by atoms with Crippen LogP contribution in [0.5, 0.6) is 0 Å². The third kappa shape index (κ3) is 4.60. The number of nitrogens with zero attached hydrogens (tertiary/aromatic N) is 1. The number of hydrogen-bond acceptors (Lipinski definition) is 4. The van der Waals surface area contributed by atoms with Crippen LogP contribution in [0.2, 0.25) is 0 Å². The molecule has 0 aliphatic rings. The molecule has 5 nitrogen and oxygen atoms in total. The molecule has 1 heterocycles. The van der Waals surface area contributed by atoms with E-state index in [4.69, 9.17) is 9.47 Å². The monoisotopic (exact) mass is 349 g/mol. The molecular formula is C21H19NO4. The number of rotatable bonds is 7. The van der Waals surface area contributed by atoms with Gasteiger partial charge in [-0.1, -0.05) is 60.7 Å². The van der Waals surface area contributed by atoms with Gasteiger partial charge in [0, 0.05) is 12.4 Å². The second-order valence-corrected chi connectivity index (χ2v) is 5.72. The molecule has 0 saturated carbocycles.